The first-order valence-corrected chi connectivity index (χ1v) is 13.2. The van der Waals surface area contributed by atoms with Crippen molar-refractivity contribution >= 4 is 39.0 Å². The highest BCUT2D eigenvalue weighted by atomic mass is 35.5. The van der Waals surface area contributed by atoms with Crippen LogP contribution in [0.3, 0.4) is 0 Å². The van der Waals surface area contributed by atoms with Crippen LogP contribution in [0.1, 0.15) is 42.7 Å². The predicted molar refractivity (Wildman–Crippen MR) is 142 cm³/mol. The van der Waals surface area contributed by atoms with Crippen LogP contribution in [0.15, 0.2) is 54.6 Å². The van der Waals surface area contributed by atoms with E-state index in [1.165, 1.54) is 45.4 Å². The Kier molecular flexibility index (Phi) is 6.66. The fourth-order valence-corrected chi connectivity index (χ4v) is 6.33. The van der Waals surface area contributed by atoms with Crippen molar-refractivity contribution in [2.24, 2.45) is 5.92 Å². The molecule has 0 spiro atoms. The molecule has 33 heavy (non-hydrogen) atoms. The zero-order chi connectivity index (χ0) is 22.8. The molecule has 1 fully saturated rings. The zero-order valence-electron chi connectivity index (χ0n) is 19.4. The zero-order valence-corrected chi connectivity index (χ0v) is 20.9. The van der Waals surface area contributed by atoms with Crippen molar-refractivity contribution in [3.05, 3.63) is 75.9 Å². The van der Waals surface area contributed by atoms with E-state index in [0.717, 1.165) is 43.0 Å². The molecule has 2 aromatic heterocycles. The number of rotatable bonds is 6. The Morgan fingerprint density at radius 3 is 2.30 bits per heavy atom. The summed E-state index contributed by atoms with van der Waals surface area (Å²) in [5, 5.41) is 1.52. The highest BCUT2D eigenvalue weighted by Gasteiger charge is 2.26. The van der Waals surface area contributed by atoms with Crippen molar-refractivity contribution in [1.82, 2.24) is 9.97 Å². The van der Waals surface area contributed by atoms with E-state index in [9.17, 15) is 0 Å². The molecule has 1 saturated heterocycles. The third-order valence-corrected chi connectivity index (χ3v) is 8.23. The van der Waals surface area contributed by atoms with Gasteiger partial charge in [-0.25, -0.2) is 4.98 Å². The minimum absolute atomic E-state index is 0.348. The summed E-state index contributed by atoms with van der Waals surface area (Å²) in [7, 11) is 0. The Labute approximate surface area is 205 Å². The molecule has 0 saturated carbocycles. The van der Waals surface area contributed by atoms with E-state index in [1.54, 1.807) is 11.3 Å². The van der Waals surface area contributed by atoms with Crippen molar-refractivity contribution in [3.8, 4) is 11.1 Å². The Morgan fingerprint density at radius 2 is 1.64 bits per heavy atom. The standard InChI is InChI=1S/C28H30ClN3S/c1-3-19-10-12-22(13-11-19)24-23(4-2)33-27-25(24)26(30-28(29)31-27)32-16-14-21(15-17-32)18-20-8-6-5-7-9-20/h5-13,21H,3-4,14-18H2,1-2H3. The molecule has 0 amide bonds. The summed E-state index contributed by atoms with van der Waals surface area (Å²) in [6.45, 7) is 6.43. The lowest BCUT2D eigenvalue weighted by atomic mass is 9.90. The van der Waals surface area contributed by atoms with E-state index in [-0.39, 0.29) is 0 Å². The van der Waals surface area contributed by atoms with Crippen LogP contribution in [-0.4, -0.2) is 23.1 Å². The molecule has 3 nitrogen and oxygen atoms in total. The molecule has 5 heteroatoms. The Bertz CT molecular complexity index is 1230. The van der Waals surface area contributed by atoms with Crippen molar-refractivity contribution in [1.29, 1.82) is 0 Å². The summed E-state index contributed by atoms with van der Waals surface area (Å²) in [6.07, 6.45) is 5.52. The number of nitrogens with zero attached hydrogens (tertiary/aromatic N) is 3. The molecule has 0 N–H and O–H groups in total. The van der Waals surface area contributed by atoms with E-state index >= 15 is 0 Å². The second-order valence-corrected chi connectivity index (χ2v) is 10.3. The van der Waals surface area contributed by atoms with Crippen molar-refractivity contribution in [2.45, 2.75) is 46.0 Å². The van der Waals surface area contributed by atoms with Crippen LogP contribution < -0.4 is 4.90 Å². The lowest BCUT2D eigenvalue weighted by Crippen LogP contribution is -2.35. The maximum atomic E-state index is 6.43. The SMILES string of the molecule is CCc1ccc(-c2c(CC)sc3nc(Cl)nc(N4CCC(Cc5ccccc5)CC4)c23)cc1. The quantitative estimate of drug-likeness (QED) is 0.269. The van der Waals surface area contributed by atoms with Gasteiger partial charge >= 0.3 is 0 Å². The van der Waals surface area contributed by atoms with Gasteiger partial charge in [0.15, 0.2) is 0 Å². The summed E-state index contributed by atoms with van der Waals surface area (Å²) < 4.78 is 0. The third kappa shape index (κ3) is 4.64. The van der Waals surface area contributed by atoms with Gasteiger partial charge in [-0.2, -0.15) is 4.98 Å². The third-order valence-electron chi connectivity index (χ3n) is 6.83. The number of aromatic nitrogens is 2. The molecule has 0 bridgehead atoms. The molecule has 3 heterocycles. The Morgan fingerprint density at radius 1 is 0.909 bits per heavy atom. The number of fused-ring (bicyclic) bond motifs is 1. The van der Waals surface area contributed by atoms with Gasteiger partial charge in [0.2, 0.25) is 5.28 Å². The number of hydrogen-bond donors (Lipinski definition) is 0. The largest absolute Gasteiger partial charge is 0.356 e. The molecule has 1 aliphatic heterocycles. The number of anilines is 1. The minimum Gasteiger partial charge on any atom is -0.356 e. The smallest absolute Gasteiger partial charge is 0.225 e. The fraction of sp³-hybridized carbons (Fsp3) is 0.357. The van der Waals surface area contributed by atoms with Gasteiger partial charge in [-0.15, -0.1) is 11.3 Å². The van der Waals surface area contributed by atoms with Gasteiger partial charge in [0.05, 0.1) is 5.39 Å². The van der Waals surface area contributed by atoms with Crippen molar-refractivity contribution < 1.29 is 0 Å². The maximum Gasteiger partial charge on any atom is 0.225 e. The average molecular weight is 476 g/mol. The molecule has 5 rings (SSSR count). The van der Waals surface area contributed by atoms with Gasteiger partial charge in [-0.3, -0.25) is 0 Å². The topological polar surface area (TPSA) is 29.0 Å². The highest BCUT2D eigenvalue weighted by molar-refractivity contribution is 7.19. The van der Waals surface area contributed by atoms with Gasteiger partial charge < -0.3 is 4.90 Å². The maximum absolute atomic E-state index is 6.43. The number of piperidine rings is 1. The van der Waals surface area contributed by atoms with E-state index in [0.29, 0.717) is 11.2 Å². The summed E-state index contributed by atoms with van der Waals surface area (Å²) in [4.78, 5) is 14.2. The average Bonchev–Trinajstić information content (AvgIpc) is 3.23. The van der Waals surface area contributed by atoms with Crippen LogP contribution in [-0.2, 0) is 19.3 Å². The van der Waals surface area contributed by atoms with E-state index in [4.69, 9.17) is 16.6 Å². The van der Waals surface area contributed by atoms with Crippen LogP contribution >= 0.6 is 22.9 Å². The first-order chi connectivity index (χ1) is 16.2. The monoisotopic (exact) mass is 475 g/mol. The number of halogens is 1. The summed E-state index contributed by atoms with van der Waals surface area (Å²) >= 11 is 8.19. The molecular weight excluding hydrogens is 446 g/mol. The minimum atomic E-state index is 0.348. The van der Waals surface area contributed by atoms with Gasteiger partial charge in [0.25, 0.3) is 0 Å². The van der Waals surface area contributed by atoms with Gasteiger partial charge in [-0.1, -0.05) is 68.4 Å². The fourth-order valence-electron chi connectivity index (χ4n) is 4.99. The molecule has 0 radical (unpaired) electrons. The molecule has 1 aliphatic rings. The van der Waals surface area contributed by atoms with E-state index < -0.39 is 0 Å². The summed E-state index contributed by atoms with van der Waals surface area (Å²) in [5.41, 5.74) is 5.34. The number of hydrogen-bond acceptors (Lipinski definition) is 4. The molecule has 0 aliphatic carbocycles. The molecule has 4 aromatic rings. The molecule has 170 valence electrons. The highest BCUT2D eigenvalue weighted by Crippen LogP contribution is 2.43. The first-order valence-electron chi connectivity index (χ1n) is 12.0. The lowest BCUT2D eigenvalue weighted by Gasteiger charge is -2.33. The van der Waals surface area contributed by atoms with E-state index in [2.05, 4.69) is 78.3 Å². The molecule has 2 aromatic carbocycles. The van der Waals surface area contributed by atoms with Crippen LogP contribution in [0.25, 0.3) is 21.3 Å². The van der Waals surface area contributed by atoms with E-state index in [1.807, 2.05) is 0 Å². The second-order valence-electron chi connectivity index (χ2n) is 8.92. The summed E-state index contributed by atoms with van der Waals surface area (Å²) in [6, 6.07) is 19.8. The number of benzene rings is 2. The Balaban J connectivity index is 1.48. The van der Waals surface area contributed by atoms with Crippen LogP contribution in [0.4, 0.5) is 5.82 Å². The molecule has 0 atom stereocenters. The normalized spacial score (nSPS) is 14.8. The van der Waals surface area contributed by atoms with Crippen molar-refractivity contribution in [3.63, 3.8) is 0 Å². The lowest BCUT2D eigenvalue weighted by molar-refractivity contribution is 0.403. The first kappa shape index (κ1) is 22.4. The number of thiophene rings is 1. The van der Waals surface area contributed by atoms with Crippen molar-refractivity contribution in [2.75, 3.05) is 18.0 Å². The molecular formula is C28H30ClN3S. The van der Waals surface area contributed by atoms with Gasteiger partial charge in [-0.05, 0) is 66.3 Å². The predicted octanol–water partition coefficient (Wildman–Crippen LogP) is 7.60. The second kappa shape index (κ2) is 9.82. The van der Waals surface area contributed by atoms with Crippen LogP contribution in [0, 0.1) is 5.92 Å². The summed E-state index contributed by atoms with van der Waals surface area (Å²) in [5.74, 6) is 1.72. The molecule has 0 unspecified atom stereocenters. The Hall–Kier alpha value is -2.43. The number of aryl methyl sites for hydroxylation is 2. The van der Waals surface area contributed by atoms with Gasteiger partial charge in [0.1, 0.15) is 10.6 Å². The van der Waals surface area contributed by atoms with Crippen LogP contribution in [0.2, 0.25) is 5.28 Å². The van der Waals surface area contributed by atoms with Crippen LogP contribution in [0.5, 0.6) is 0 Å². The van der Waals surface area contributed by atoms with Gasteiger partial charge in [0, 0.05) is 23.5 Å².